The smallest absolute Gasteiger partial charge is 0.237 e. The fourth-order valence-corrected chi connectivity index (χ4v) is 3.80. The highest BCUT2D eigenvalue weighted by atomic mass is 35.5. The van der Waals surface area contributed by atoms with Gasteiger partial charge in [0.15, 0.2) is 0 Å². The summed E-state index contributed by atoms with van der Waals surface area (Å²) in [6.07, 6.45) is 7.82. The predicted octanol–water partition coefficient (Wildman–Crippen LogP) is 3.44. The van der Waals surface area contributed by atoms with Crippen molar-refractivity contribution >= 4 is 18.3 Å². The van der Waals surface area contributed by atoms with E-state index in [9.17, 15) is 9.18 Å². The van der Waals surface area contributed by atoms with E-state index in [1.807, 2.05) is 0 Å². The van der Waals surface area contributed by atoms with Gasteiger partial charge in [-0.1, -0.05) is 12.8 Å². The number of hydrogen-bond acceptors (Lipinski definition) is 3. The van der Waals surface area contributed by atoms with E-state index in [1.54, 1.807) is 12.1 Å². The van der Waals surface area contributed by atoms with Crippen LogP contribution in [0.3, 0.4) is 0 Å². The third kappa shape index (κ3) is 5.86. The van der Waals surface area contributed by atoms with E-state index >= 15 is 0 Å². The van der Waals surface area contributed by atoms with Gasteiger partial charge in [0.25, 0.3) is 0 Å². The first-order valence-corrected chi connectivity index (χ1v) is 9.14. The Morgan fingerprint density at radius 1 is 1.20 bits per heavy atom. The molecule has 1 saturated heterocycles. The average Bonchev–Trinajstić information content (AvgIpc) is 3.03. The lowest BCUT2D eigenvalue weighted by Gasteiger charge is -2.24. The predicted molar refractivity (Wildman–Crippen MR) is 98.7 cm³/mol. The molecule has 0 aromatic heterocycles. The molecule has 0 spiro atoms. The second-order valence-corrected chi connectivity index (χ2v) is 6.91. The monoisotopic (exact) mass is 370 g/mol. The van der Waals surface area contributed by atoms with Crippen LogP contribution in [0, 0.1) is 11.7 Å². The molecular weight excluding hydrogens is 343 g/mol. The topological polar surface area (TPSA) is 50.4 Å². The third-order valence-electron chi connectivity index (χ3n) is 5.13. The zero-order valence-corrected chi connectivity index (χ0v) is 15.3. The van der Waals surface area contributed by atoms with Crippen LogP contribution in [-0.4, -0.2) is 31.1 Å². The van der Waals surface area contributed by atoms with Gasteiger partial charge >= 0.3 is 0 Å². The number of rotatable bonds is 7. The Morgan fingerprint density at radius 2 is 1.96 bits per heavy atom. The van der Waals surface area contributed by atoms with Crippen LogP contribution in [-0.2, 0) is 4.79 Å². The molecule has 1 heterocycles. The second-order valence-electron chi connectivity index (χ2n) is 6.91. The van der Waals surface area contributed by atoms with Gasteiger partial charge in [0.1, 0.15) is 11.6 Å². The molecular formula is C19H28ClFN2O2. The molecule has 2 N–H and O–H groups in total. The Balaban J connectivity index is 0.00000225. The van der Waals surface area contributed by atoms with Crippen molar-refractivity contribution in [2.75, 3.05) is 13.2 Å². The number of halogens is 2. The van der Waals surface area contributed by atoms with E-state index in [0.717, 1.165) is 19.3 Å². The number of carbonyl (C=O) groups is 1. The highest BCUT2D eigenvalue weighted by Gasteiger charge is 2.37. The molecule has 0 radical (unpaired) electrons. The fourth-order valence-electron chi connectivity index (χ4n) is 3.80. The summed E-state index contributed by atoms with van der Waals surface area (Å²) in [5, 5.41) is 6.54. The Bertz CT molecular complexity index is 527. The summed E-state index contributed by atoms with van der Waals surface area (Å²) in [6, 6.07) is 6.58. The molecule has 1 aliphatic carbocycles. The summed E-state index contributed by atoms with van der Waals surface area (Å²) < 4.78 is 18.3. The van der Waals surface area contributed by atoms with Crippen molar-refractivity contribution in [2.45, 2.75) is 57.0 Å². The van der Waals surface area contributed by atoms with Gasteiger partial charge in [-0.2, -0.15) is 0 Å². The van der Waals surface area contributed by atoms with E-state index in [0.29, 0.717) is 30.9 Å². The van der Waals surface area contributed by atoms with Crippen molar-refractivity contribution in [1.82, 2.24) is 10.6 Å². The Labute approximate surface area is 155 Å². The minimum absolute atomic E-state index is 0. The minimum atomic E-state index is -0.259. The normalized spacial score (nSPS) is 24.9. The van der Waals surface area contributed by atoms with Gasteiger partial charge in [0.05, 0.1) is 12.6 Å². The number of nitrogens with one attached hydrogen (secondary N) is 2. The molecule has 4 nitrogen and oxygen atoms in total. The average molecular weight is 371 g/mol. The maximum atomic E-state index is 12.8. The molecule has 1 aliphatic heterocycles. The van der Waals surface area contributed by atoms with Gasteiger partial charge in [0.2, 0.25) is 5.91 Å². The standard InChI is InChI=1S/C19H27FN2O2.ClH/c20-15-7-9-16(10-8-15)24-12-4-3-11-21-19(23)18-13-14-5-1-2-6-17(14)22-18;/h7-10,14,17-18,22H,1-6,11-13H2,(H,21,23);1H. The zero-order valence-electron chi connectivity index (χ0n) is 14.5. The molecule has 1 saturated carbocycles. The maximum Gasteiger partial charge on any atom is 0.237 e. The van der Waals surface area contributed by atoms with Crippen molar-refractivity contribution in [3.63, 3.8) is 0 Å². The SMILES string of the molecule is Cl.O=C(NCCCCOc1ccc(F)cc1)C1CC2CCCCC2N1. The first-order chi connectivity index (χ1) is 11.7. The Kier molecular flexibility index (Phi) is 7.97. The van der Waals surface area contributed by atoms with Crippen molar-refractivity contribution in [3.8, 4) is 5.75 Å². The summed E-state index contributed by atoms with van der Waals surface area (Å²) in [5.41, 5.74) is 0. The zero-order chi connectivity index (χ0) is 16.8. The van der Waals surface area contributed by atoms with Crippen molar-refractivity contribution < 1.29 is 13.9 Å². The number of benzene rings is 1. The van der Waals surface area contributed by atoms with Crippen LogP contribution in [0.15, 0.2) is 24.3 Å². The quantitative estimate of drug-likeness (QED) is 0.723. The lowest BCUT2D eigenvalue weighted by molar-refractivity contribution is -0.122. The molecule has 2 aliphatic rings. The summed E-state index contributed by atoms with van der Waals surface area (Å²) in [7, 11) is 0. The molecule has 3 atom stereocenters. The van der Waals surface area contributed by atoms with E-state index in [2.05, 4.69) is 10.6 Å². The Hall–Kier alpha value is -1.33. The Morgan fingerprint density at radius 3 is 2.72 bits per heavy atom. The highest BCUT2D eigenvalue weighted by molar-refractivity contribution is 5.85. The number of amides is 1. The van der Waals surface area contributed by atoms with Crippen molar-refractivity contribution in [2.24, 2.45) is 5.92 Å². The third-order valence-corrected chi connectivity index (χ3v) is 5.13. The van der Waals surface area contributed by atoms with E-state index in [-0.39, 0.29) is 30.2 Å². The summed E-state index contributed by atoms with van der Waals surface area (Å²) in [6.45, 7) is 1.26. The van der Waals surface area contributed by atoms with Gasteiger partial charge in [-0.25, -0.2) is 4.39 Å². The number of carbonyl (C=O) groups excluding carboxylic acids is 1. The molecule has 140 valence electrons. The number of fused-ring (bicyclic) bond motifs is 1. The minimum Gasteiger partial charge on any atom is -0.494 e. The van der Waals surface area contributed by atoms with E-state index < -0.39 is 0 Å². The number of hydrogen-bond donors (Lipinski definition) is 2. The molecule has 1 amide bonds. The lowest BCUT2D eigenvalue weighted by Crippen LogP contribution is -2.43. The van der Waals surface area contributed by atoms with E-state index in [1.165, 1.54) is 37.8 Å². The van der Waals surface area contributed by atoms with Crippen LogP contribution in [0.5, 0.6) is 5.75 Å². The van der Waals surface area contributed by atoms with Crippen LogP contribution in [0.4, 0.5) is 4.39 Å². The molecule has 25 heavy (non-hydrogen) atoms. The van der Waals surface area contributed by atoms with Gasteiger partial charge in [0, 0.05) is 12.6 Å². The van der Waals surface area contributed by atoms with Crippen LogP contribution >= 0.6 is 12.4 Å². The maximum absolute atomic E-state index is 12.8. The molecule has 1 aromatic carbocycles. The molecule has 1 aromatic rings. The van der Waals surface area contributed by atoms with Gasteiger partial charge in [-0.05, 0) is 62.3 Å². The fraction of sp³-hybridized carbons (Fsp3) is 0.632. The molecule has 3 rings (SSSR count). The van der Waals surface area contributed by atoms with Crippen LogP contribution in [0.2, 0.25) is 0 Å². The summed E-state index contributed by atoms with van der Waals surface area (Å²) in [4.78, 5) is 12.2. The van der Waals surface area contributed by atoms with Crippen molar-refractivity contribution in [1.29, 1.82) is 0 Å². The molecule has 0 bridgehead atoms. The van der Waals surface area contributed by atoms with E-state index in [4.69, 9.17) is 4.74 Å². The highest BCUT2D eigenvalue weighted by Crippen LogP contribution is 2.33. The van der Waals surface area contributed by atoms with Crippen LogP contribution in [0.25, 0.3) is 0 Å². The van der Waals surface area contributed by atoms with Crippen LogP contribution in [0.1, 0.15) is 44.9 Å². The number of ether oxygens (including phenoxy) is 1. The summed E-state index contributed by atoms with van der Waals surface area (Å²) in [5.74, 6) is 1.26. The van der Waals surface area contributed by atoms with Gasteiger partial charge in [-0.15, -0.1) is 12.4 Å². The summed E-state index contributed by atoms with van der Waals surface area (Å²) >= 11 is 0. The second kappa shape index (κ2) is 9.97. The van der Waals surface area contributed by atoms with Crippen molar-refractivity contribution in [3.05, 3.63) is 30.1 Å². The molecule has 3 unspecified atom stereocenters. The van der Waals surface area contributed by atoms with Gasteiger partial charge < -0.3 is 15.4 Å². The van der Waals surface area contributed by atoms with Crippen LogP contribution < -0.4 is 15.4 Å². The first-order valence-electron chi connectivity index (χ1n) is 9.14. The first kappa shape index (κ1) is 20.0. The molecule has 2 fully saturated rings. The molecule has 6 heteroatoms. The van der Waals surface area contributed by atoms with Gasteiger partial charge in [-0.3, -0.25) is 4.79 Å². The lowest BCUT2D eigenvalue weighted by atomic mass is 9.85. The largest absolute Gasteiger partial charge is 0.494 e. The number of unbranched alkanes of at least 4 members (excludes halogenated alkanes) is 1.